The largest absolute Gasteiger partial charge is 0.507 e. The van der Waals surface area contributed by atoms with E-state index in [1.807, 2.05) is 67.6 Å². The monoisotopic (exact) mass is 453 g/mol. The average Bonchev–Trinajstić information content (AvgIpc) is 3.09. The number of ketones is 1. The normalized spacial score (nSPS) is 17.6. The van der Waals surface area contributed by atoms with Crippen molar-refractivity contribution in [2.24, 2.45) is 0 Å². The molecule has 4 aromatic carbocycles. The first-order valence-corrected chi connectivity index (χ1v) is 10.9. The van der Waals surface area contributed by atoms with Crippen LogP contribution in [0.15, 0.2) is 96.6 Å². The lowest BCUT2D eigenvalue weighted by Crippen LogP contribution is -2.29. The molecule has 0 saturated carbocycles. The van der Waals surface area contributed by atoms with Crippen LogP contribution in [0, 0.1) is 6.92 Å². The molecule has 5 heteroatoms. The van der Waals surface area contributed by atoms with Gasteiger partial charge in [0.15, 0.2) is 0 Å². The highest BCUT2D eigenvalue weighted by Crippen LogP contribution is 2.42. The summed E-state index contributed by atoms with van der Waals surface area (Å²) in [6.45, 7) is 1.95. The van der Waals surface area contributed by atoms with E-state index in [1.165, 1.54) is 4.90 Å². The molecule has 4 aromatic rings. The van der Waals surface area contributed by atoms with Crippen molar-refractivity contribution in [1.29, 1.82) is 0 Å². The highest BCUT2D eigenvalue weighted by atomic mass is 35.5. The van der Waals surface area contributed by atoms with Crippen LogP contribution in [0.2, 0.25) is 5.02 Å². The number of aryl methyl sites for hydroxylation is 1. The van der Waals surface area contributed by atoms with E-state index < -0.39 is 17.7 Å². The molecular weight excluding hydrogens is 434 g/mol. The fourth-order valence-electron chi connectivity index (χ4n) is 4.35. The van der Waals surface area contributed by atoms with E-state index in [1.54, 1.807) is 30.3 Å². The van der Waals surface area contributed by atoms with Gasteiger partial charge in [0.25, 0.3) is 11.7 Å². The number of benzene rings is 4. The van der Waals surface area contributed by atoms with Gasteiger partial charge in [-0.2, -0.15) is 0 Å². The predicted octanol–water partition coefficient (Wildman–Crippen LogP) is 6.43. The number of hydrogen-bond acceptors (Lipinski definition) is 3. The molecule has 1 aliphatic heterocycles. The second-order valence-corrected chi connectivity index (χ2v) is 8.56. The summed E-state index contributed by atoms with van der Waals surface area (Å²) in [7, 11) is 0. The Morgan fingerprint density at radius 1 is 0.848 bits per heavy atom. The Labute approximate surface area is 196 Å². The van der Waals surface area contributed by atoms with E-state index in [4.69, 9.17) is 11.6 Å². The Hall–Kier alpha value is -3.89. The van der Waals surface area contributed by atoms with Crippen LogP contribution in [0.5, 0.6) is 0 Å². The van der Waals surface area contributed by atoms with E-state index in [0.29, 0.717) is 16.3 Å². The van der Waals surface area contributed by atoms with Crippen LogP contribution in [0.3, 0.4) is 0 Å². The quantitative estimate of drug-likeness (QED) is 0.221. The highest BCUT2D eigenvalue weighted by molar-refractivity contribution is 6.51. The fourth-order valence-corrected chi connectivity index (χ4v) is 4.47. The van der Waals surface area contributed by atoms with Crippen LogP contribution in [0.25, 0.3) is 16.5 Å². The number of carbonyl (C=O) groups excluding carboxylic acids is 2. The van der Waals surface area contributed by atoms with Crippen molar-refractivity contribution < 1.29 is 14.7 Å². The summed E-state index contributed by atoms with van der Waals surface area (Å²) in [6.07, 6.45) is 0. The molecule has 1 heterocycles. The lowest BCUT2D eigenvalue weighted by Gasteiger charge is -2.25. The smallest absolute Gasteiger partial charge is 0.300 e. The Bertz CT molecular complexity index is 1440. The molecule has 0 aromatic heterocycles. The molecule has 33 heavy (non-hydrogen) atoms. The Balaban J connectivity index is 1.73. The molecule has 1 N–H and O–H groups in total. The SMILES string of the molecule is Cc1cccc(C2/C(=C(/O)c3ccc4ccccc4c3)C(=O)C(=O)N2c2ccc(Cl)cc2)c1. The number of aliphatic hydroxyl groups is 1. The number of hydrogen-bond donors (Lipinski definition) is 1. The maximum absolute atomic E-state index is 13.3. The molecule has 0 aliphatic carbocycles. The minimum Gasteiger partial charge on any atom is -0.507 e. The minimum atomic E-state index is -0.766. The summed E-state index contributed by atoms with van der Waals surface area (Å²) in [5, 5.41) is 13.8. The lowest BCUT2D eigenvalue weighted by molar-refractivity contribution is -0.132. The van der Waals surface area contributed by atoms with Gasteiger partial charge in [-0.25, -0.2) is 0 Å². The van der Waals surface area contributed by atoms with Gasteiger partial charge in [-0.05, 0) is 53.6 Å². The summed E-state index contributed by atoms with van der Waals surface area (Å²) in [4.78, 5) is 27.9. The molecule has 0 bridgehead atoms. The number of Topliss-reactive ketones (excluding diaryl/α,β-unsaturated/α-hetero) is 1. The van der Waals surface area contributed by atoms with Gasteiger partial charge in [0.1, 0.15) is 5.76 Å². The van der Waals surface area contributed by atoms with Crippen molar-refractivity contribution in [1.82, 2.24) is 0 Å². The van der Waals surface area contributed by atoms with E-state index >= 15 is 0 Å². The molecule has 1 amide bonds. The fraction of sp³-hybridized carbons (Fsp3) is 0.0714. The highest BCUT2D eigenvalue weighted by Gasteiger charge is 2.47. The Kier molecular flexibility index (Phi) is 5.23. The van der Waals surface area contributed by atoms with E-state index in [9.17, 15) is 14.7 Å². The van der Waals surface area contributed by atoms with Crippen molar-refractivity contribution in [3.8, 4) is 0 Å². The molecule has 1 unspecified atom stereocenters. The second kappa shape index (κ2) is 8.23. The van der Waals surface area contributed by atoms with Crippen LogP contribution < -0.4 is 4.90 Å². The summed E-state index contributed by atoms with van der Waals surface area (Å²) < 4.78 is 0. The molecular formula is C28H20ClNO3. The number of rotatable bonds is 3. The molecule has 0 spiro atoms. The zero-order valence-electron chi connectivity index (χ0n) is 17.8. The molecule has 1 saturated heterocycles. The van der Waals surface area contributed by atoms with Crippen LogP contribution in [0.4, 0.5) is 5.69 Å². The number of aliphatic hydroxyl groups excluding tert-OH is 1. The third-order valence-corrected chi connectivity index (χ3v) is 6.18. The summed E-state index contributed by atoms with van der Waals surface area (Å²) in [5.41, 5.74) is 2.81. The number of halogens is 1. The Morgan fingerprint density at radius 3 is 2.30 bits per heavy atom. The first-order valence-electron chi connectivity index (χ1n) is 10.6. The minimum absolute atomic E-state index is 0.0656. The van der Waals surface area contributed by atoms with Crippen LogP contribution in [-0.2, 0) is 9.59 Å². The van der Waals surface area contributed by atoms with Gasteiger partial charge >= 0.3 is 0 Å². The number of nitrogens with zero attached hydrogens (tertiary/aromatic N) is 1. The lowest BCUT2D eigenvalue weighted by atomic mass is 9.93. The molecule has 1 fully saturated rings. The molecule has 1 aliphatic rings. The van der Waals surface area contributed by atoms with E-state index in [2.05, 4.69) is 0 Å². The number of carbonyl (C=O) groups is 2. The number of fused-ring (bicyclic) bond motifs is 1. The molecule has 4 nitrogen and oxygen atoms in total. The van der Waals surface area contributed by atoms with Gasteiger partial charge in [0, 0.05) is 16.3 Å². The molecule has 5 rings (SSSR count). The van der Waals surface area contributed by atoms with Gasteiger partial charge in [-0.3, -0.25) is 14.5 Å². The van der Waals surface area contributed by atoms with Crippen molar-refractivity contribution >= 4 is 45.5 Å². The Morgan fingerprint density at radius 2 is 1.58 bits per heavy atom. The zero-order chi connectivity index (χ0) is 23.1. The van der Waals surface area contributed by atoms with Crippen LogP contribution >= 0.6 is 11.6 Å². The zero-order valence-corrected chi connectivity index (χ0v) is 18.6. The number of amides is 1. The van der Waals surface area contributed by atoms with Gasteiger partial charge < -0.3 is 5.11 Å². The van der Waals surface area contributed by atoms with Gasteiger partial charge in [-0.1, -0.05) is 77.8 Å². The van der Waals surface area contributed by atoms with Crippen molar-refractivity contribution in [2.45, 2.75) is 13.0 Å². The first kappa shape index (κ1) is 21.0. The van der Waals surface area contributed by atoms with Gasteiger partial charge in [0.2, 0.25) is 0 Å². The summed E-state index contributed by atoms with van der Waals surface area (Å²) in [6, 6.07) is 26.8. The topological polar surface area (TPSA) is 57.6 Å². The second-order valence-electron chi connectivity index (χ2n) is 8.12. The van der Waals surface area contributed by atoms with Crippen molar-refractivity contribution in [2.75, 3.05) is 4.90 Å². The van der Waals surface area contributed by atoms with Gasteiger partial charge in [-0.15, -0.1) is 0 Å². The van der Waals surface area contributed by atoms with Crippen LogP contribution in [-0.4, -0.2) is 16.8 Å². The predicted molar refractivity (Wildman–Crippen MR) is 131 cm³/mol. The van der Waals surface area contributed by atoms with Crippen molar-refractivity contribution in [3.05, 3.63) is 118 Å². The van der Waals surface area contributed by atoms with Gasteiger partial charge in [0.05, 0.1) is 11.6 Å². The molecule has 1 atom stereocenters. The third kappa shape index (κ3) is 3.69. The maximum Gasteiger partial charge on any atom is 0.300 e. The molecule has 0 radical (unpaired) electrons. The summed E-state index contributed by atoms with van der Waals surface area (Å²) >= 11 is 6.04. The summed E-state index contributed by atoms with van der Waals surface area (Å²) in [5.74, 6) is -1.60. The standard InChI is InChI=1S/C28H20ClNO3/c1-17-5-4-8-20(15-17)25-24(26(31)21-10-9-18-6-2-3-7-19(18)16-21)27(32)28(33)30(25)23-13-11-22(29)12-14-23/h2-16,25,31H,1H3/b26-24-. The first-order chi connectivity index (χ1) is 15.9. The number of anilines is 1. The van der Waals surface area contributed by atoms with E-state index in [-0.39, 0.29) is 11.3 Å². The van der Waals surface area contributed by atoms with E-state index in [0.717, 1.165) is 21.9 Å². The maximum atomic E-state index is 13.3. The third-order valence-electron chi connectivity index (χ3n) is 5.93. The van der Waals surface area contributed by atoms with Crippen LogP contribution in [0.1, 0.15) is 22.7 Å². The average molecular weight is 454 g/mol. The molecule has 162 valence electrons. The van der Waals surface area contributed by atoms with Crippen molar-refractivity contribution in [3.63, 3.8) is 0 Å².